The van der Waals surface area contributed by atoms with Crippen LogP contribution in [-0.2, 0) is 9.53 Å². The highest BCUT2D eigenvalue weighted by molar-refractivity contribution is 5.76. The molecule has 2 saturated heterocycles. The molecule has 98 valence electrons. The lowest BCUT2D eigenvalue weighted by Gasteiger charge is -2.33. The van der Waals surface area contributed by atoms with E-state index in [0.29, 0.717) is 11.8 Å². The van der Waals surface area contributed by atoms with Gasteiger partial charge in [0.2, 0.25) is 5.91 Å². The molecule has 0 aromatic carbocycles. The summed E-state index contributed by atoms with van der Waals surface area (Å²) in [7, 11) is 0. The molecule has 0 aromatic heterocycles. The molecule has 0 bridgehead atoms. The Hall–Kier alpha value is -0.570. The van der Waals surface area contributed by atoms with Crippen molar-refractivity contribution in [1.82, 2.24) is 4.90 Å². The van der Waals surface area contributed by atoms with Gasteiger partial charge in [-0.25, -0.2) is 0 Å². The number of hydrogen-bond acceptors (Lipinski definition) is 2. The van der Waals surface area contributed by atoms with Gasteiger partial charge in [-0.3, -0.25) is 4.79 Å². The number of likely N-dealkylation sites (tertiary alicyclic amines) is 1. The lowest BCUT2D eigenvalue weighted by molar-refractivity contribution is -0.134. The first kappa shape index (κ1) is 12.9. The first-order chi connectivity index (χ1) is 8.29. The van der Waals surface area contributed by atoms with E-state index in [0.717, 1.165) is 51.5 Å². The Kier molecular flexibility index (Phi) is 4.84. The third-order valence-electron chi connectivity index (χ3n) is 4.35. The van der Waals surface area contributed by atoms with Gasteiger partial charge in [-0.2, -0.15) is 0 Å². The minimum atomic E-state index is 0.381. The Bertz CT molecular complexity index is 241. The van der Waals surface area contributed by atoms with Gasteiger partial charge in [0.05, 0.1) is 0 Å². The van der Waals surface area contributed by atoms with Crippen LogP contribution in [0.1, 0.15) is 45.4 Å². The maximum absolute atomic E-state index is 12.1. The molecule has 0 unspecified atom stereocenters. The molecule has 0 aliphatic carbocycles. The van der Waals surface area contributed by atoms with Crippen LogP contribution in [0.25, 0.3) is 0 Å². The molecule has 0 saturated carbocycles. The summed E-state index contributed by atoms with van der Waals surface area (Å²) in [5, 5.41) is 0. The molecule has 2 rings (SSSR count). The Labute approximate surface area is 105 Å². The summed E-state index contributed by atoms with van der Waals surface area (Å²) >= 11 is 0. The summed E-state index contributed by atoms with van der Waals surface area (Å²) in [5.74, 6) is 1.80. The molecule has 2 fully saturated rings. The van der Waals surface area contributed by atoms with Crippen molar-refractivity contribution in [3.8, 4) is 0 Å². The molecular weight excluding hydrogens is 214 g/mol. The second-order valence-electron chi connectivity index (χ2n) is 5.49. The lowest BCUT2D eigenvalue weighted by atomic mass is 9.92. The summed E-state index contributed by atoms with van der Waals surface area (Å²) in [6, 6.07) is 0. The number of rotatable bonds is 3. The molecule has 0 aromatic rings. The van der Waals surface area contributed by atoms with E-state index in [9.17, 15) is 4.79 Å². The highest BCUT2D eigenvalue weighted by atomic mass is 16.5. The minimum Gasteiger partial charge on any atom is -0.381 e. The number of ether oxygens (including phenoxy) is 1. The first-order valence-electron chi connectivity index (χ1n) is 7.15. The van der Waals surface area contributed by atoms with Crippen LogP contribution in [0.4, 0.5) is 0 Å². The number of piperidine rings is 1. The third kappa shape index (κ3) is 3.70. The SMILES string of the molecule is CCC1CCN(C(=O)CC2CCOCC2)CC1. The lowest BCUT2D eigenvalue weighted by Crippen LogP contribution is -2.39. The fourth-order valence-electron chi connectivity index (χ4n) is 2.92. The summed E-state index contributed by atoms with van der Waals surface area (Å²) in [6.07, 6.45) is 6.56. The van der Waals surface area contributed by atoms with Gasteiger partial charge in [-0.1, -0.05) is 13.3 Å². The monoisotopic (exact) mass is 239 g/mol. The average molecular weight is 239 g/mol. The minimum absolute atomic E-state index is 0.381. The van der Waals surface area contributed by atoms with Crippen LogP contribution in [-0.4, -0.2) is 37.1 Å². The first-order valence-corrected chi connectivity index (χ1v) is 7.15. The molecule has 0 atom stereocenters. The van der Waals surface area contributed by atoms with Crippen molar-refractivity contribution in [2.24, 2.45) is 11.8 Å². The predicted octanol–water partition coefficient (Wildman–Crippen LogP) is 2.45. The van der Waals surface area contributed by atoms with Gasteiger partial charge in [-0.15, -0.1) is 0 Å². The largest absolute Gasteiger partial charge is 0.381 e. The highest BCUT2D eigenvalue weighted by Gasteiger charge is 2.24. The molecule has 0 radical (unpaired) electrons. The molecular formula is C14H25NO2. The van der Waals surface area contributed by atoms with Gasteiger partial charge in [0.15, 0.2) is 0 Å². The topological polar surface area (TPSA) is 29.5 Å². The van der Waals surface area contributed by atoms with Gasteiger partial charge in [0.1, 0.15) is 0 Å². The van der Waals surface area contributed by atoms with Crippen molar-refractivity contribution in [3.63, 3.8) is 0 Å². The van der Waals surface area contributed by atoms with Crippen LogP contribution in [0.15, 0.2) is 0 Å². The summed E-state index contributed by atoms with van der Waals surface area (Å²) in [4.78, 5) is 14.2. The molecule has 0 N–H and O–H groups in total. The van der Waals surface area contributed by atoms with Crippen LogP contribution in [0.3, 0.4) is 0 Å². The van der Waals surface area contributed by atoms with Crippen molar-refractivity contribution in [2.45, 2.75) is 45.4 Å². The van der Waals surface area contributed by atoms with Gasteiger partial charge < -0.3 is 9.64 Å². The standard InChI is InChI=1S/C14H25NO2/c1-2-12-3-7-15(8-4-12)14(16)11-13-5-9-17-10-6-13/h12-13H,2-11H2,1H3. The van der Waals surface area contributed by atoms with E-state index < -0.39 is 0 Å². The fourth-order valence-corrected chi connectivity index (χ4v) is 2.92. The van der Waals surface area contributed by atoms with Crippen LogP contribution in [0.5, 0.6) is 0 Å². The van der Waals surface area contributed by atoms with E-state index in [1.165, 1.54) is 19.3 Å². The van der Waals surface area contributed by atoms with E-state index in [-0.39, 0.29) is 0 Å². The van der Waals surface area contributed by atoms with Gasteiger partial charge >= 0.3 is 0 Å². The smallest absolute Gasteiger partial charge is 0.222 e. The number of amides is 1. The molecule has 17 heavy (non-hydrogen) atoms. The van der Waals surface area contributed by atoms with Crippen LogP contribution >= 0.6 is 0 Å². The van der Waals surface area contributed by atoms with Crippen LogP contribution in [0, 0.1) is 11.8 Å². The number of hydrogen-bond donors (Lipinski definition) is 0. The zero-order valence-corrected chi connectivity index (χ0v) is 11.0. The predicted molar refractivity (Wildman–Crippen MR) is 67.8 cm³/mol. The third-order valence-corrected chi connectivity index (χ3v) is 4.35. The molecule has 3 nitrogen and oxygen atoms in total. The summed E-state index contributed by atoms with van der Waals surface area (Å²) < 4.78 is 5.33. The van der Waals surface area contributed by atoms with Crippen molar-refractivity contribution in [1.29, 1.82) is 0 Å². The second kappa shape index (κ2) is 6.39. The van der Waals surface area contributed by atoms with Crippen molar-refractivity contribution < 1.29 is 9.53 Å². The molecule has 0 spiro atoms. The van der Waals surface area contributed by atoms with Crippen molar-refractivity contribution >= 4 is 5.91 Å². The van der Waals surface area contributed by atoms with Gasteiger partial charge in [0.25, 0.3) is 0 Å². The van der Waals surface area contributed by atoms with E-state index in [2.05, 4.69) is 11.8 Å². The zero-order valence-electron chi connectivity index (χ0n) is 11.0. The molecule has 2 aliphatic heterocycles. The zero-order chi connectivity index (χ0) is 12.1. The van der Waals surface area contributed by atoms with E-state index in [4.69, 9.17) is 4.74 Å². The Balaban J connectivity index is 1.72. The quantitative estimate of drug-likeness (QED) is 0.757. The summed E-state index contributed by atoms with van der Waals surface area (Å²) in [6.45, 7) is 5.91. The highest BCUT2D eigenvalue weighted by Crippen LogP contribution is 2.23. The number of carbonyl (C=O) groups is 1. The molecule has 2 aliphatic rings. The molecule has 1 amide bonds. The maximum Gasteiger partial charge on any atom is 0.222 e. The fraction of sp³-hybridized carbons (Fsp3) is 0.929. The normalized spacial score (nSPS) is 23.9. The summed E-state index contributed by atoms with van der Waals surface area (Å²) in [5.41, 5.74) is 0. The average Bonchev–Trinajstić information content (AvgIpc) is 2.40. The maximum atomic E-state index is 12.1. The Morgan fingerprint density at radius 1 is 1.12 bits per heavy atom. The molecule has 3 heteroatoms. The number of nitrogens with zero attached hydrogens (tertiary/aromatic N) is 1. The Morgan fingerprint density at radius 3 is 2.35 bits per heavy atom. The van der Waals surface area contributed by atoms with E-state index >= 15 is 0 Å². The second-order valence-corrected chi connectivity index (χ2v) is 5.49. The van der Waals surface area contributed by atoms with Gasteiger partial charge in [-0.05, 0) is 37.5 Å². The van der Waals surface area contributed by atoms with Crippen LogP contribution in [0.2, 0.25) is 0 Å². The Morgan fingerprint density at radius 2 is 1.76 bits per heavy atom. The van der Waals surface area contributed by atoms with Crippen molar-refractivity contribution in [2.75, 3.05) is 26.3 Å². The van der Waals surface area contributed by atoms with E-state index in [1.54, 1.807) is 0 Å². The van der Waals surface area contributed by atoms with E-state index in [1.807, 2.05) is 0 Å². The molecule has 2 heterocycles. The number of carbonyl (C=O) groups excluding carboxylic acids is 1. The van der Waals surface area contributed by atoms with Gasteiger partial charge in [0, 0.05) is 32.7 Å². The van der Waals surface area contributed by atoms with Crippen LogP contribution < -0.4 is 0 Å². The van der Waals surface area contributed by atoms with Crippen molar-refractivity contribution in [3.05, 3.63) is 0 Å².